The Hall–Kier alpha value is -1.12. The first-order valence-corrected chi connectivity index (χ1v) is 4.77. The minimum absolute atomic E-state index is 0.0145. The second-order valence-electron chi connectivity index (χ2n) is 3.51. The predicted octanol–water partition coefficient (Wildman–Crippen LogP) is 3.48. The van der Waals surface area contributed by atoms with E-state index in [-0.39, 0.29) is 11.7 Å². The van der Waals surface area contributed by atoms with Gasteiger partial charge in [0.05, 0.1) is 0 Å². The van der Waals surface area contributed by atoms with Crippen LogP contribution in [0.4, 0.5) is 14.5 Å². The van der Waals surface area contributed by atoms with Gasteiger partial charge in [-0.05, 0) is 31.9 Å². The van der Waals surface area contributed by atoms with Crippen LogP contribution >= 0.6 is 0 Å². The number of rotatable bonds is 3. The fourth-order valence-corrected chi connectivity index (χ4v) is 1.14. The Balaban J connectivity index is 3.00. The van der Waals surface area contributed by atoms with Crippen molar-refractivity contribution >= 4 is 5.69 Å². The van der Waals surface area contributed by atoms with E-state index >= 15 is 0 Å². The van der Waals surface area contributed by atoms with E-state index in [4.69, 9.17) is 0 Å². The fourth-order valence-electron chi connectivity index (χ4n) is 1.14. The molecular formula is C11H15F2N. The molecule has 1 N–H and O–H groups in total. The molecule has 0 bridgehead atoms. The van der Waals surface area contributed by atoms with Gasteiger partial charge < -0.3 is 5.32 Å². The summed E-state index contributed by atoms with van der Waals surface area (Å²) in [5, 5.41) is 2.82. The standard InChI is InChI=1S/C11H15F2N/c1-4-8(3)14-11-9(12)6-5-7(2)10(11)13/h5-6,8,14H,4H2,1-3H3. The summed E-state index contributed by atoms with van der Waals surface area (Å²) in [4.78, 5) is 0. The van der Waals surface area contributed by atoms with Gasteiger partial charge >= 0.3 is 0 Å². The minimum atomic E-state index is -0.534. The highest BCUT2D eigenvalue weighted by Crippen LogP contribution is 2.22. The number of aryl methyl sites for hydroxylation is 1. The van der Waals surface area contributed by atoms with Crippen LogP contribution in [0.1, 0.15) is 25.8 Å². The molecule has 0 spiro atoms. The van der Waals surface area contributed by atoms with Crippen molar-refractivity contribution in [3.05, 3.63) is 29.3 Å². The maximum absolute atomic E-state index is 13.5. The summed E-state index contributed by atoms with van der Waals surface area (Å²) in [7, 11) is 0. The first kappa shape index (κ1) is 11.0. The molecule has 0 radical (unpaired) electrons. The maximum atomic E-state index is 13.5. The summed E-state index contributed by atoms with van der Waals surface area (Å²) >= 11 is 0. The molecule has 0 aliphatic heterocycles. The van der Waals surface area contributed by atoms with Crippen molar-refractivity contribution in [2.75, 3.05) is 5.32 Å². The third-order valence-electron chi connectivity index (χ3n) is 2.29. The highest BCUT2D eigenvalue weighted by atomic mass is 19.1. The molecule has 78 valence electrons. The molecule has 0 saturated heterocycles. The Labute approximate surface area is 83.1 Å². The number of hydrogen-bond donors (Lipinski definition) is 1. The van der Waals surface area contributed by atoms with Crippen molar-refractivity contribution in [2.45, 2.75) is 33.2 Å². The van der Waals surface area contributed by atoms with E-state index < -0.39 is 11.6 Å². The molecule has 1 unspecified atom stereocenters. The molecule has 0 aromatic heterocycles. The summed E-state index contributed by atoms with van der Waals surface area (Å²) in [5.41, 5.74) is 0.441. The fraction of sp³-hybridized carbons (Fsp3) is 0.455. The molecule has 0 fully saturated rings. The molecule has 3 heteroatoms. The smallest absolute Gasteiger partial charge is 0.152 e. The van der Waals surface area contributed by atoms with Crippen LogP contribution in [-0.4, -0.2) is 6.04 Å². The number of benzene rings is 1. The van der Waals surface area contributed by atoms with Crippen molar-refractivity contribution in [2.24, 2.45) is 0 Å². The quantitative estimate of drug-likeness (QED) is 0.785. The van der Waals surface area contributed by atoms with Crippen molar-refractivity contribution in [3.63, 3.8) is 0 Å². The van der Waals surface area contributed by atoms with Gasteiger partial charge in [0.2, 0.25) is 0 Å². The molecular weight excluding hydrogens is 184 g/mol. The molecule has 0 aliphatic carbocycles. The highest BCUT2D eigenvalue weighted by molar-refractivity contribution is 5.49. The molecule has 1 aromatic carbocycles. The van der Waals surface area contributed by atoms with Crippen LogP contribution in [0, 0.1) is 18.6 Å². The molecule has 0 saturated carbocycles. The molecule has 1 nitrogen and oxygen atoms in total. The lowest BCUT2D eigenvalue weighted by atomic mass is 10.1. The average molecular weight is 199 g/mol. The number of nitrogens with one attached hydrogen (secondary N) is 1. The van der Waals surface area contributed by atoms with Crippen LogP contribution in [0.2, 0.25) is 0 Å². The van der Waals surface area contributed by atoms with Crippen molar-refractivity contribution in [1.82, 2.24) is 0 Å². The summed E-state index contributed by atoms with van der Waals surface area (Å²) < 4.78 is 26.7. The Morgan fingerprint density at radius 2 is 2.00 bits per heavy atom. The first-order chi connectivity index (χ1) is 6.56. The zero-order valence-electron chi connectivity index (χ0n) is 8.70. The van der Waals surface area contributed by atoms with E-state index in [0.29, 0.717) is 5.56 Å². The van der Waals surface area contributed by atoms with E-state index in [9.17, 15) is 8.78 Å². The molecule has 14 heavy (non-hydrogen) atoms. The first-order valence-electron chi connectivity index (χ1n) is 4.77. The normalized spacial score (nSPS) is 12.6. The van der Waals surface area contributed by atoms with Gasteiger partial charge in [-0.25, -0.2) is 8.78 Å². The van der Waals surface area contributed by atoms with Gasteiger partial charge in [-0.15, -0.1) is 0 Å². The Bertz CT molecular complexity index is 323. The van der Waals surface area contributed by atoms with Crippen LogP contribution in [0.3, 0.4) is 0 Å². The minimum Gasteiger partial charge on any atom is -0.378 e. The second-order valence-corrected chi connectivity index (χ2v) is 3.51. The lowest BCUT2D eigenvalue weighted by Gasteiger charge is -2.15. The third kappa shape index (κ3) is 2.22. The van der Waals surface area contributed by atoms with Gasteiger partial charge in [0.25, 0.3) is 0 Å². The summed E-state index contributed by atoms with van der Waals surface area (Å²) in [6, 6.07) is 2.79. The van der Waals surface area contributed by atoms with E-state index in [1.807, 2.05) is 13.8 Å². The van der Waals surface area contributed by atoms with Crippen LogP contribution < -0.4 is 5.32 Å². The SMILES string of the molecule is CCC(C)Nc1c(F)ccc(C)c1F. The van der Waals surface area contributed by atoms with E-state index in [0.717, 1.165) is 6.42 Å². The van der Waals surface area contributed by atoms with Crippen molar-refractivity contribution in [1.29, 1.82) is 0 Å². The molecule has 0 amide bonds. The molecule has 1 rings (SSSR count). The van der Waals surface area contributed by atoms with Gasteiger partial charge in [-0.1, -0.05) is 13.0 Å². The van der Waals surface area contributed by atoms with Crippen LogP contribution in [0.5, 0.6) is 0 Å². The van der Waals surface area contributed by atoms with E-state index in [1.54, 1.807) is 6.92 Å². The van der Waals surface area contributed by atoms with Crippen LogP contribution in [0.25, 0.3) is 0 Å². The zero-order chi connectivity index (χ0) is 10.7. The van der Waals surface area contributed by atoms with Gasteiger partial charge in [0, 0.05) is 6.04 Å². The van der Waals surface area contributed by atoms with Crippen molar-refractivity contribution in [3.8, 4) is 0 Å². The number of hydrogen-bond acceptors (Lipinski definition) is 1. The number of halogens is 2. The number of anilines is 1. The van der Waals surface area contributed by atoms with Gasteiger partial charge in [0.15, 0.2) is 5.82 Å². The van der Waals surface area contributed by atoms with Gasteiger partial charge in [-0.3, -0.25) is 0 Å². The topological polar surface area (TPSA) is 12.0 Å². The van der Waals surface area contributed by atoms with Crippen LogP contribution in [0.15, 0.2) is 12.1 Å². The average Bonchev–Trinajstić information content (AvgIpc) is 2.18. The maximum Gasteiger partial charge on any atom is 0.152 e. The van der Waals surface area contributed by atoms with Gasteiger partial charge in [-0.2, -0.15) is 0 Å². The monoisotopic (exact) mass is 199 g/mol. The second kappa shape index (κ2) is 4.40. The Morgan fingerprint density at radius 1 is 1.36 bits per heavy atom. The lowest BCUT2D eigenvalue weighted by molar-refractivity contribution is 0.576. The van der Waals surface area contributed by atoms with E-state index in [2.05, 4.69) is 5.32 Å². The molecule has 0 aliphatic rings. The predicted molar refractivity (Wildman–Crippen MR) is 54.5 cm³/mol. The van der Waals surface area contributed by atoms with Crippen molar-refractivity contribution < 1.29 is 8.78 Å². The molecule has 1 aromatic rings. The highest BCUT2D eigenvalue weighted by Gasteiger charge is 2.12. The van der Waals surface area contributed by atoms with Gasteiger partial charge in [0.1, 0.15) is 11.5 Å². The largest absolute Gasteiger partial charge is 0.378 e. The van der Waals surface area contributed by atoms with Crippen LogP contribution in [-0.2, 0) is 0 Å². The summed E-state index contributed by atoms with van der Waals surface area (Å²) in [5.74, 6) is -1.03. The lowest BCUT2D eigenvalue weighted by Crippen LogP contribution is -2.16. The zero-order valence-corrected chi connectivity index (χ0v) is 8.70. The molecule has 0 heterocycles. The van der Waals surface area contributed by atoms with E-state index in [1.165, 1.54) is 12.1 Å². The molecule has 1 atom stereocenters. The Kier molecular flexibility index (Phi) is 3.44. The third-order valence-corrected chi connectivity index (χ3v) is 2.29. The summed E-state index contributed by atoms with van der Waals surface area (Å²) in [6.45, 7) is 5.47. The Morgan fingerprint density at radius 3 is 2.57 bits per heavy atom. The summed E-state index contributed by atoms with van der Waals surface area (Å²) in [6.07, 6.45) is 0.826.